The van der Waals surface area contributed by atoms with Crippen molar-refractivity contribution in [2.24, 2.45) is 29.1 Å². The van der Waals surface area contributed by atoms with Gasteiger partial charge in [-0.05, 0) is 55.7 Å². The van der Waals surface area contributed by atoms with Crippen LogP contribution in [0.2, 0.25) is 0 Å². The Morgan fingerprint density at radius 2 is 1.85 bits per heavy atom. The minimum Gasteiger partial charge on any atom is -0.365 e. The van der Waals surface area contributed by atoms with Crippen LogP contribution in [0.1, 0.15) is 52.5 Å². The summed E-state index contributed by atoms with van der Waals surface area (Å²) in [7, 11) is 0. The van der Waals surface area contributed by atoms with Gasteiger partial charge in [0.1, 0.15) is 11.2 Å². The lowest BCUT2D eigenvalue weighted by Crippen LogP contribution is -2.58. The van der Waals surface area contributed by atoms with E-state index in [1.54, 1.807) is 6.92 Å². The molecule has 1 aromatic carbocycles. The lowest BCUT2D eigenvalue weighted by molar-refractivity contribution is -0.149. The highest BCUT2D eigenvalue weighted by atomic mass is 16.6. The molecule has 2 saturated heterocycles. The number of Topliss-reactive ketones (excluding diaryl/α,β-unsaturated/α-hetero) is 3. The van der Waals surface area contributed by atoms with Crippen LogP contribution in [0.5, 0.6) is 0 Å². The van der Waals surface area contributed by atoms with Crippen molar-refractivity contribution in [3.05, 3.63) is 59.8 Å². The molecule has 1 spiro atoms. The smallest absolute Gasteiger partial charge is 0.235 e. The highest BCUT2D eigenvalue weighted by Gasteiger charge is 2.78. The monoisotopic (exact) mass is 528 g/mol. The van der Waals surface area contributed by atoms with Crippen molar-refractivity contribution in [3.63, 3.8) is 0 Å². The van der Waals surface area contributed by atoms with Crippen LogP contribution in [0.15, 0.2) is 54.3 Å². The molecule has 6 rings (SSSR count). The average molecular weight is 529 g/mol. The lowest BCUT2D eigenvalue weighted by atomic mass is 9.51. The van der Waals surface area contributed by atoms with Crippen molar-refractivity contribution in [1.82, 2.24) is 10.3 Å². The van der Waals surface area contributed by atoms with Gasteiger partial charge >= 0.3 is 0 Å². The fraction of sp³-hybridized carbons (Fsp3) is 0.500. The summed E-state index contributed by atoms with van der Waals surface area (Å²) in [6.45, 7) is 7.83. The molecule has 2 N–H and O–H groups in total. The van der Waals surface area contributed by atoms with Crippen molar-refractivity contribution >= 4 is 34.2 Å². The number of allylic oxidation sites excluding steroid dienone is 3. The van der Waals surface area contributed by atoms with Crippen molar-refractivity contribution in [1.29, 1.82) is 0 Å². The van der Waals surface area contributed by atoms with Crippen LogP contribution in [0.4, 0.5) is 0 Å². The number of nitrogens with one attached hydrogen (secondary N) is 2. The van der Waals surface area contributed by atoms with Gasteiger partial charge in [0.2, 0.25) is 17.5 Å². The molecule has 2 aliphatic heterocycles. The number of hydrogen-bond acceptors (Lipinski definition) is 5. The Bertz CT molecular complexity index is 1450. The third kappa shape index (κ3) is 3.80. The van der Waals surface area contributed by atoms with Crippen LogP contribution >= 0.6 is 0 Å². The zero-order valence-electron chi connectivity index (χ0n) is 23.0. The number of aromatic amines is 1. The van der Waals surface area contributed by atoms with E-state index in [4.69, 9.17) is 4.74 Å². The van der Waals surface area contributed by atoms with Gasteiger partial charge in [0.15, 0.2) is 0 Å². The van der Waals surface area contributed by atoms with Gasteiger partial charge in [-0.3, -0.25) is 19.2 Å². The van der Waals surface area contributed by atoms with Crippen LogP contribution in [0.25, 0.3) is 10.9 Å². The maximum atomic E-state index is 14.3. The van der Waals surface area contributed by atoms with Gasteiger partial charge in [-0.15, -0.1) is 0 Å². The van der Waals surface area contributed by atoms with E-state index in [0.717, 1.165) is 16.5 Å². The summed E-state index contributed by atoms with van der Waals surface area (Å²) < 4.78 is 6.34. The van der Waals surface area contributed by atoms with E-state index in [2.05, 4.69) is 30.2 Å². The third-order valence-corrected chi connectivity index (χ3v) is 9.99. The van der Waals surface area contributed by atoms with Crippen LogP contribution in [-0.2, 0) is 30.3 Å². The second kappa shape index (κ2) is 9.12. The van der Waals surface area contributed by atoms with Gasteiger partial charge in [-0.25, -0.2) is 0 Å². The highest BCUT2D eigenvalue weighted by molar-refractivity contribution is 6.43. The molecule has 39 heavy (non-hydrogen) atoms. The summed E-state index contributed by atoms with van der Waals surface area (Å²) in [4.78, 5) is 57.3. The summed E-state index contributed by atoms with van der Waals surface area (Å²) >= 11 is 0. The Morgan fingerprint density at radius 3 is 2.64 bits per heavy atom. The van der Waals surface area contributed by atoms with Crippen molar-refractivity contribution in [3.8, 4) is 0 Å². The molecule has 1 saturated carbocycles. The summed E-state index contributed by atoms with van der Waals surface area (Å²) in [5, 5.41) is 4.34. The molecule has 1 aromatic heterocycles. The number of amides is 1. The number of H-pyrrole nitrogens is 1. The van der Waals surface area contributed by atoms with E-state index in [9.17, 15) is 19.2 Å². The Balaban J connectivity index is 1.44. The topological polar surface area (TPSA) is 109 Å². The molecule has 7 heteroatoms. The molecule has 3 heterocycles. The second-order valence-corrected chi connectivity index (χ2v) is 12.2. The molecule has 7 nitrogen and oxygen atoms in total. The van der Waals surface area contributed by atoms with E-state index in [1.165, 1.54) is 0 Å². The van der Waals surface area contributed by atoms with E-state index in [0.29, 0.717) is 18.4 Å². The number of ketones is 3. The van der Waals surface area contributed by atoms with E-state index in [-0.39, 0.29) is 54.4 Å². The molecule has 3 fully saturated rings. The number of hydrogen-bond donors (Lipinski definition) is 2. The van der Waals surface area contributed by atoms with Gasteiger partial charge in [-0.1, -0.05) is 50.3 Å². The molecule has 2 aliphatic carbocycles. The van der Waals surface area contributed by atoms with Crippen molar-refractivity contribution in [2.45, 2.75) is 71.1 Å². The zero-order valence-corrected chi connectivity index (χ0v) is 23.0. The minimum atomic E-state index is -1.35. The number of epoxide rings is 1. The second-order valence-electron chi connectivity index (χ2n) is 12.2. The van der Waals surface area contributed by atoms with Gasteiger partial charge in [0.05, 0.1) is 11.7 Å². The molecular formula is C32H36N2O5. The maximum absolute atomic E-state index is 14.3. The van der Waals surface area contributed by atoms with E-state index in [1.807, 2.05) is 49.5 Å². The first-order valence-electron chi connectivity index (χ1n) is 14.1. The third-order valence-electron chi connectivity index (χ3n) is 9.99. The molecule has 0 radical (unpaired) electrons. The largest absolute Gasteiger partial charge is 0.365 e. The number of ether oxygens (including phenoxy) is 1. The van der Waals surface area contributed by atoms with E-state index >= 15 is 0 Å². The fourth-order valence-electron chi connectivity index (χ4n) is 7.84. The number of carbonyl (C=O) groups is 4. The van der Waals surface area contributed by atoms with Crippen molar-refractivity contribution < 1.29 is 23.9 Å². The normalized spacial score (nSPS) is 40.8. The average Bonchev–Trinajstić information content (AvgIpc) is 3.31. The van der Waals surface area contributed by atoms with Gasteiger partial charge in [0.25, 0.3) is 0 Å². The summed E-state index contributed by atoms with van der Waals surface area (Å²) in [5.41, 5.74) is 0.739. The molecule has 0 bridgehead atoms. The first-order chi connectivity index (χ1) is 18.6. The van der Waals surface area contributed by atoms with Gasteiger partial charge in [0, 0.05) is 47.8 Å². The fourth-order valence-corrected chi connectivity index (χ4v) is 7.84. The number of carbonyl (C=O) groups excluding carboxylic acids is 4. The molecule has 8 atom stereocenters. The summed E-state index contributed by atoms with van der Waals surface area (Å²) in [6.07, 6.45) is 8.46. The number of para-hydroxylation sites is 1. The minimum absolute atomic E-state index is 0.0299. The first-order valence-corrected chi connectivity index (χ1v) is 14.1. The highest BCUT2D eigenvalue weighted by Crippen LogP contribution is 2.66. The molecular weight excluding hydrogens is 492 g/mol. The molecule has 204 valence electrons. The molecule has 0 unspecified atom stereocenters. The summed E-state index contributed by atoms with van der Waals surface area (Å²) in [6, 6.07) is 7.79. The number of fused-ring (bicyclic) bond motifs is 3. The van der Waals surface area contributed by atoms with Crippen LogP contribution in [0, 0.1) is 29.1 Å². The Labute approximate surface area is 228 Å². The van der Waals surface area contributed by atoms with Crippen LogP contribution in [-0.4, -0.2) is 46.0 Å². The standard InChI is InChI=1S/C32H36N2O5/c1-17-8-7-10-22-29-31(4,39-29)19(3)27-24(15-20-16-33-23-11-6-5-9-21(20)23)34-30(38)32(22,27)26(36)13-12-25(35)28(37)18(2)14-17/h5-7,9-11,14,16-17,19,22,24,27,29,33H,8,12-13,15H2,1-4H3,(H,34,38)/b10-7-,18-14-/t17-,19-,22-,24+,27-,29-,31+,32+/m0/s1. The number of rotatable bonds is 2. The quantitative estimate of drug-likeness (QED) is 0.262. The predicted molar refractivity (Wildman–Crippen MR) is 147 cm³/mol. The summed E-state index contributed by atoms with van der Waals surface area (Å²) in [5.74, 6) is -2.47. The molecule has 1 amide bonds. The first kappa shape index (κ1) is 25.9. The van der Waals surface area contributed by atoms with Crippen molar-refractivity contribution in [2.75, 3.05) is 0 Å². The Morgan fingerprint density at radius 1 is 1.08 bits per heavy atom. The van der Waals surface area contributed by atoms with Crippen LogP contribution in [0.3, 0.4) is 0 Å². The zero-order chi connectivity index (χ0) is 27.7. The maximum Gasteiger partial charge on any atom is 0.235 e. The van der Waals surface area contributed by atoms with E-state index < -0.39 is 28.5 Å². The van der Waals surface area contributed by atoms with Crippen LogP contribution < -0.4 is 5.32 Å². The lowest BCUT2D eigenvalue weighted by Gasteiger charge is -2.46. The Hall–Kier alpha value is -3.32. The Kier molecular flexibility index (Phi) is 6.06. The van der Waals surface area contributed by atoms with Gasteiger partial charge < -0.3 is 15.0 Å². The SMILES string of the molecule is C/C1=C/[C@@H](C)C/C=C\[C@H]2[C@@H]3O[C@]3(C)[C@@H](C)[C@H]3[C@@H](Cc4c[nH]c5ccccc45)NC(=O)[C@]32C(=O)CCC(=O)C1=O. The number of benzene rings is 1. The van der Waals surface area contributed by atoms with Gasteiger partial charge in [-0.2, -0.15) is 0 Å². The number of aromatic nitrogens is 1. The predicted octanol–water partition coefficient (Wildman–Crippen LogP) is 4.26. The molecule has 2 aromatic rings. The molecule has 4 aliphatic rings.